The highest BCUT2D eigenvalue weighted by Gasteiger charge is 2.02. The largest absolute Gasteiger partial charge is 0.488 e. The fourth-order valence-electron chi connectivity index (χ4n) is 1.38. The number of hydrogen-bond acceptors (Lipinski definition) is 1. The second-order valence-corrected chi connectivity index (χ2v) is 6.18. The van der Waals surface area contributed by atoms with Crippen LogP contribution in [0.4, 0.5) is 0 Å². The van der Waals surface area contributed by atoms with Crippen LogP contribution in [0, 0.1) is 0 Å². The zero-order valence-electron chi connectivity index (χ0n) is 8.79. The molecule has 0 radical (unpaired) electrons. The topological polar surface area (TPSA) is 9.23 Å². The van der Waals surface area contributed by atoms with Gasteiger partial charge in [0.15, 0.2) is 0 Å². The van der Waals surface area contributed by atoms with Gasteiger partial charge in [-0.15, -0.1) is 0 Å². The lowest BCUT2D eigenvalue weighted by Crippen LogP contribution is -1.95. The first-order chi connectivity index (χ1) is 8.15. The first kappa shape index (κ1) is 13.1. The highest BCUT2D eigenvalue weighted by atomic mass is 79.9. The van der Waals surface area contributed by atoms with Crippen LogP contribution < -0.4 is 4.74 Å². The van der Waals surface area contributed by atoms with Gasteiger partial charge in [-0.25, -0.2) is 0 Å². The van der Waals surface area contributed by atoms with Gasteiger partial charge in [0.25, 0.3) is 0 Å². The van der Waals surface area contributed by atoms with Gasteiger partial charge in [0.05, 0.1) is 4.47 Å². The molecule has 2 rings (SSSR count). The van der Waals surface area contributed by atoms with Gasteiger partial charge in [-0.2, -0.15) is 0 Å². The van der Waals surface area contributed by atoms with E-state index in [0.717, 1.165) is 24.7 Å². The average molecular weight is 421 g/mol. The SMILES string of the molecule is Brc1cccc(COc2ccc(Br)cc2Br)c1. The predicted molar refractivity (Wildman–Crippen MR) is 80.3 cm³/mol. The van der Waals surface area contributed by atoms with E-state index in [4.69, 9.17) is 4.74 Å². The molecule has 0 aliphatic carbocycles. The zero-order chi connectivity index (χ0) is 12.3. The molecule has 0 spiro atoms. The van der Waals surface area contributed by atoms with Crippen molar-refractivity contribution in [1.29, 1.82) is 0 Å². The summed E-state index contributed by atoms with van der Waals surface area (Å²) in [6, 6.07) is 14.0. The van der Waals surface area contributed by atoms with E-state index in [-0.39, 0.29) is 0 Å². The lowest BCUT2D eigenvalue weighted by atomic mass is 10.2. The molecule has 0 fully saturated rings. The minimum Gasteiger partial charge on any atom is -0.488 e. The second kappa shape index (κ2) is 6.03. The van der Waals surface area contributed by atoms with Crippen LogP contribution in [0.15, 0.2) is 55.9 Å². The van der Waals surface area contributed by atoms with Crippen molar-refractivity contribution < 1.29 is 4.74 Å². The predicted octanol–water partition coefficient (Wildman–Crippen LogP) is 5.55. The summed E-state index contributed by atoms with van der Waals surface area (Å²) in [4.78, 5) is 0. The molecule has 0 aliphatic heterocycles. The standard InChI is InChI=1S/C13H9Br3O/c14-10-3-1-2-9(6-10)8-17-13-5-4-11(15)7-12(13)16/h1-7H,8H2. The van der Waals surface area contributed by atoms with Gasteiger partial charge in [0, 0.05) is 8.95 Å². The van der Waals surface area contributed by atoms with E-state index in [1.54, 1.807) is 0 Å². The number of ether oxygens (including phenoxy) is 1. The Morgan fingerprint density at radius 2 is 1.65 bits per heavy atom. The van der Waals surface area contributed by atoms with E-state index >= 15 is 0 Å². The van der Waals surface area contributed by atoms with Crippen molar-refractivity contribution in [3.8, 4) is 5.75 Å². The van der Waals surface area contributed by atoms with Gasteiger partial charge in [0.1, 0.15) is 12.4 Å². The average Bonchev–Trinajstić information content (AvgIpc) is 2.28. The number of hydrogen-bond donors (Lipinski definition) is 0. The Balaban J connectivity index is 2.07. The Kier molecular flexibility index (Phi) is 4.65. The van der Waals surface area contributed by atoms with E-state index in [9.17, 15) is 0 Å². The number of rotatable bonds is 3. The molecule has 2 aromatic carbocycles. The molecule has 0 unspecified atom stereocenters. The van der Waals surface area contributed by atoms with Crippen molar-refractivity contribution in [2.75, 3.05) is 0 Å². The fraction of sp³-hybridized carbons (Fsp3) is 0.0769. The Labute approximate surface area is 126 Å². The molecule has 0 aliphatic rings. The number of halogens is 3. The lowest BCUT2D eigenvalue weighted by Gasteiger charge is -2.08. The number of benzene rings is 2. The molecular weight excluding hydrogens is 412 g/mol. The minimum absolute atomic E-state index is 0.555. The molecule has 0 atom stereocenters. The third kappa shape index (κ3) is 3.83. The first-order valence-electron chi connectivity index (χ1n) is 4.97. The fourth-order valence-corrected chi connectivity index (χ4v) is 2.99. The Hall–Kier alpha value is -0.320. The van der Waals surface area contributed by atoms with Crippen LogP contribution in [-0.2, 0) is 6.61 Å². The molecule has 0 N–H and O–H groups in total. The maximum atomic E-state index is 5.74. The summed E-state index contributed by atoms with van der Waals surface area (Å²) in [5.41, 5.74) is 1.13. The summed E-state index contributed by atoms with van der Waals surface area (Å²) >= 11 is 10.3. The van der Waals surface area contributed by atoms with Crippen LogP contribution in [-0.4, -0.2) is 0 Å². The minimum atomic E-state index is 0.555. The molecule has 0 saturated heterocycles. The van der Waals surface area contributed by atoms with E-state index in [2.05, 4.69) is 47.8 Å². The van der Waals surface area contributed by atoms with Crippen molar-refractivity contribution in [3.63, 3.8) is 0 Å². The summed E-state index contributed by atoms with van der Waals surface area (Å²) in [6.07, 6.45) is 0. The molecule has 0 heterocycles. The molecule has 0 bridgehead atoms. The molecule has 2 aromatic rings. The second-order valence-electron chi connectivity index (χ2n) is 3.49. The van der Waals surface area contributed by atoms with Gasteiger partial charge >= 0.3 is 0 Å². The van der Waals surface area contributed by atoms with E-state index in [1.165, 1.54) is 0 Å². The summed E-state index contributed by atoms with van der Waals surface area (Å²) in [7, 11) is 0. The van der Waals surface area contributed by atoms with Crippen molar-refractivity contribution >= 4 is 47.8 Å². The molecule has 0 saturated carbocycles. The van der Waals surface area contributed by atoms with E-state index < -0.39 is 0 Å². The van der Waals surface area contributed by atoms with Gasteiger partial charge in [-0.05, 0) is 51.8 Å². The summed E-state index contributed by atoms with van der Waals surface area (Å²) < 4.78 is 8.78. The summed E-state index contributed by atoms with van der Waals surface area (Å²) in [6.45, 7) is 0.555. The lowest BCUT2D eigenvalue weighted by molar-refractivity contribution is 0.304. The van der Waals surface area contributed by atoms with Crippen molar-refractivity contribution in [2.24, 2.45) is 0 Å². The van der Waals surface area contributed by atoms with Crippen LogP contribution >= 0.6 is 47.8 Å². The summed E-state index contributed by atoms with van der Waals surface area (Å²) in [5.74, 6) is 0.841. The summed E-state index contributed by atoms with van der Waals surface area (Å²) in [5, 5.41) is 0. The Morgan fingerprint density at radius 1 is 0.882 bits per heavy atom. The van der Waals surface area contributed by atoms with Crippen molar-refractivity contribution in [2.45, 2.75) is 6.61 Å². The van der Waals surface area contributed by atoms with Gasteiger partial charge in [-0.1, -0.05) is 44.0 Å². The normalized spacial score (nSPS) is 10.3. The Bertz CT molecular complexity index is 526. The van der Waals surface area contributed by atoms with Gasteiger partial charge < -0.3 is 4.74 Å². The van der Waals surface area contributed by atoms with E-state index in [0.29, 0.717) is 6.61 Å². The van der Waals surface area contributed by atoms with Crippen molar-refractivity contribution in [3.05, 3.63) is 61.4 Å². The smallest absolute Gasteiger partial charge is 0.134 e. The molecule has 4 heteroatoms. The first-order valence-corrected chi connectivity index (χ1v) is 7.35. The zero-order valence-corrected chi connectivity index (χ0v) is 13.5. The molecule has 0 amide bonds. The molecular formula is C13H9Br3O. The Morgan fingerprint density at radius 3 is 2.35 bits per heavy atom. The molecule has 88 valence electrons. The molecule has 17 heavy (non-hydrogen) atoms. The maximum absolute atomic E-state index is 5.74. The quantitative estimate of drug-likeness (QED) is 0.632. The molecule has 1 nitrogen and oxygen atoms in total. The van der Waals surface area contributed by atoms with E-state index in [1.807, 2.05) is 42.5 Å². The highest BCUT2D eigenvalue weighted by Crippen LogP contribution is 2.28. The van der Waals surface area contributed by atoms with Gasteiger partial charge in [0.2, 0.25) is 0 Å². The maximum Gasteiger partial charge on any atom is 0.134 e. The van der Waals surface area contributed by atoms with Crippen LogP contribution in [0.25, 0.3) is 0 Å². The van der Waals surface area contributed by atoms with Crippen LogP contribution in [0.1, 0.15) is 5.56 Å². The highest BCUT2D eigenvalue weighted by molar-refractivity contribution is 9.11. The monoisotopic (exact) mass is 418 g/mol. The van der Waals surface area contributed by atoms with Crippen LogP contribution in [0.2, 0.25) is 0 Å². The third-order valence-electron chi connectivity index (χ3n) is 2.18. The van der Waals surface area contributed by atoms with Crippen LogP contribution in [0.5, 0.6) is 5.75 Å². The van der Waals surface area contributed by atoms with Crippen molar-refractivity contribution in [1.82, 2.24) is 0 Å². The third-order valence-corrected chi connectivity index (χ3v) is 3.78. The molecule has 0 aromatic heterocycles. The van der Waals surface area contributed by atoms with Gasteiger partial charge in [-0.3, -0.25) is 0 Å². The van der Waals surface area contributed by atoms with Crippen LogP contribution in [0.3, 0.4) is 0 Å².